The smallest absolute Gasteiger partial charge is 0.0716 e. The van der Waals surface area contributed by atoms with Gasteiger partial charge in [0.15, 0.2) is 0 Å². The van der Waals surface area contributed by atoms with Crippen molar-refractivity contribution in [3.63, 3.8) is 0 Å². The lowest BCUT2D eigenvalue weighted by molar-refractivity contribution is 0.0733. The Morgan fingerprint density at radius 3 is 2.70 bits per heavy atom. The summed E-state index contributed by atoms with van der Waals surface area (Å²) in [4.78, 5) is 0. The summed E-state index contributed by atoms with van der Waals surface area (Å²) in [6.07, 6.45) is 1.58. The second kappa shape index (κ2) is 2.89. The molecule has 1 aliphatic heterocycles. The van der Waals surface area contributed by atoms with Crippen LogP contribution in [-0.2, 0) is 4.74 Å². The minimum Gasteiger partial charge on any atom is -0.377 e. The molecule has 1 unspecified atom stereocenters. The van der Waals surface area contributed by atoms with E-state index < -0.39 is 0 Å². The van der Waals surface area contributed by atoms with Crippen LogP contribution in [0.1, 0.15) is 27.2 Å². The zero-order valence-electron chi connectivity index (χ0n) is 7.11. The molecule has 1 atom stereocenters. The molecule has 0 amide bonds. The predicted octanol–water partition coefficient (Wildman–Crippen LogP) is 1.16. The summed E-state index contributed by atoms with van der Waals surface area (Å²) < 4.78 is 5.48. The maximum absolute atomic E-state index is 5.48. The molecular weight excluding hydrogens is 126 g/mol. The van der Waals surface area contributed by atoms with Gasteiger partial charge < -0.3 is 10.1 Å². The molecule has 2 heteroatoms. The molecule has 0 aromatic rings. The van der Waals surface area contributed by atoms with Crippen molar-refractivity contribution in [1.82, 2.24) is 5.32 Å². The molecule has 0 saturated carbocycles. The molecule has 0 spiro atoms. The van der Waals surface area contributed by atoms with Crippen molar-refractivity contribution < 1.29 is 4.74 Å². The van der Waals surface area contributed by atoms with Gasteiger partial charge in [0.1, 0.15) is 0 Å². The number of rotatable bonds is 2. The molecule has 0 aromatic carbocycles. The van der Waals surface area contributed by atoms with Gasteiger partial charge in [-0.2, -0.15) is 0 Å². The van der Waals surface area contributed by atoms with Gasteiger partial charge in [-0.1, -0.05) is 0 Å². The van der Waals surface area contributed by atoms with Crippen molar-refractivity contribution in [3.05, 3.63) is 0 Å². The Kier molecular flexibility index (Phi) is 2.32. The molecule has 0 aliphatic carbocycles. The molecule has 1 heterocycles. The van der Waals surface area contributed by atoms with Gasteiger partial charge in [-0.15, -0.1) is 0 Å². The van der Waals surface area contributed by atoms with Crippen LogP contribution < -0.4 is 5.32 Å². The van der Waals surface area contributed by atoms with E-state index in [0.29, 0.717) is 11.6 Å². The van der Waals surface area contributed by atoms with E-state index >= 15 is 0 Å². The molecule has 1 N–H and O–H groups in total. The van der Waals surface area contributed by atoms with Crippen molar-refractivity contribution in [2.75, 3.05) is 13.2 Å². The lowest BCUT2D eigenvalue weighted by Gasteiger charge is -2.16. The van der Waals surface area contributed by atoms with Crippen LogP contribution in [0.25, 0.3) is 0 Å². The topological polar surface area (TPSA) is 21.3 Å². The molecule has 0 aromatic heterocycles. The Balaban J connectivity index is 2.29. The molecule has 2 nitrogen and oxygen atoms in total. The highest BCUT2D eigenvalue weighted by atomic mass is 16.5. The summed E-state index contributed by atoms with van der Waals surface area (Å²) in [5, 5.41) is 3.41. The summed E-state index contributed by atoms with van der Waals surface area (Å²) in [6.45, 7) is 8.33. The third kappa shape index (κ3) is 1.96. The Hall–Kier alpha value is -0.0800. The van der Waals surface area contributed by atoms with Crippen molar-refractivity contribution in [2.45, 2.75) is 38.8 Å². The van der Waals surface area contributed by atoms with Gasteiger partial charge in [-0.05, 0) is 27.2 Å². The van der Waals surface area contributed by atoms with Crippen LogP contribution in [0.15, 0.2) is 0 Å². The first kappa shape index (κ1) is 8.02. The minimum atomic E-state index is 0.292. The number of nitrogens with one attached hydrogen (secondary N) is 1. The molecule has 60 valence electrons. The van der Waals surface area contributed by atoms with E-state index in [2.05, 4.69) is 19.2 Å². The van der Waals surface area contributed by atoms with Gasteiger partial charge >= 0.3 is 0 Å². The highest BCUT2D eigenvalue weighted by Crippen LogP contribution is 2.19. The molecule has 10 heavy (non-hydrogen) atoms. The molecule has 0 bridgehead atoms. The first-order valence-electron chi connectivity index (χ1n) is 4.01. The molecule has 1 rings (SSSR count). The van der Waals surface area contributed by atoms with Gasteiger partial charge in [-0.25, -0.2) is 0 Å². The molecule has 1 fully saturated rings. The van der Waals surface area contributed by atoms with Crippen LogP contribution in [-0.4, -0.2) is 24.8 Å². The van der Waals surface area contributed by atoms with E-state index in [-0.39, 0.29) is 0 Å². The maximum atomic E-state index is 5.48. The van der Waals surface area contributed by atoms with E-state index in [1.807, 2.05) is 6.92 Å². The second-order valence-corrected chi connectivity index (χ2v) is 3.55. The van der Waals surface area contributed by atoms with Crippen molar-refractivity contribution in [3.8, 4) is 0 Å². The fourth-order valence-electron chi connectivity index (χ4n) is 1.46. The average Bonchev–Trinajstić information content (AvgIpc) is 2.12. The Bertz CT molecular complexity index is 112. The molecule has 1 aliphatic rings. The Morgan fingerprint density at radius 1 is 1.60 bits per heavy atom. The summed E-state index contributed by atoms with van der Waals surface area (Å²) in [5.74, 6) is 0. The second-order valence-electron chi connectivity index (χ2n) is 3.55. The standard InChI is InChI=1S/C8H17NO/c1-4-10-7-5-8(2,3)9-6-7/h7,9H,4-6H2,1-3H3. The van der Waals surface area contributed by atoms with Crippen LogP contribution in [0.3, 0.4) is 0 Å². The lowest BCUT2D eigenvalue weighted by Crippen LogP contribution is -2.31. The van der Waals surface area contributed by atoms with Crippen molar-refractivity contribution in [2.24, 2.45) is 0 Å². The fourth-order valence-corrected chi connectivity index (χ4v) is 1.46. The number of ether oxygens (including phenoxy) is 1. The monoisotopic (exact) mass is 143 g/mol. The van der Waals surface area contributed by atoms with E-state index in [4.69, 9.17) is 4.74 Å². The van der Waals surface area contributed by atoms with Gasteiger partial charge in [0.05, 0.1) is 6.10 Å². The first-order chi connectivity index (χ1) is 4.64. The SMILES string of the molecule is CCOC1CNC(C)(C)C1. The van der Waals surface area contributed by atoms with Gasteiger partial charge in [0.2, 0.25) is 0 Å². The van der Waals surface area contributed by atoms with E-state index in [1.54, 1.807) is 0 Å². The zero-order chi connectivity index (χ0) is 7.61. The third-order valence-electron chi connectivity index (χ3n) is 1.95. The van der Waals surface area contributed by atoms with Crippen LogP contribution >= 0.6 is 0 Å². The first-order valence-corrected chi connectivity index (χ1v) is 4.01. The van der Waals surface area contributed by atoms with E-state index in [1.165, 1.54) is 0 Å². The van der Waals surface area contributed by atoms with Crippen molar-refractivity contribution >= 4 is 0 Å². The summed E-state index contributed by atoms with van der Waals surface area (Å²) in [7, 11) is 0. The van der Waals surface area contributed by atoms with Crippen LogP contribution in [0.4, 0.5) is 0 Å². The largest absolute Gasteiger partial charge is 0.377 e. The maximum Gasteiger partial charge on any atom is 0.0716 e. The normalized spacial score (nSPS) is 30.9. The quantitative estimate of drug-likeness (QED) is 0.626. The van der Waals surface area contributed by atoms with E-state index in [0.717, 1.165) is 19.6 Å². The van der Waals surface area contributed by atoms with E-state index in [9.17, 15) is 0 Å². The van der Waals surface area contributed by atoms with Crippen molar-refractivity contribution in [1.29, 1.82) is 0 Å². The highest BCUT2D eigenvalue weighted by Gasteiger charge is 2.30. The molecule has 1 saturated heterocycles. The van der Waals surface area contributed by atoms with Gasteiger partial charge in [0.25, 0.3) is 0 Å². The summed E-state index contributed by atoms with van der Waals surface area (Å²) >= 11 is 0. The van der Waals surface area contributed by atoms with Crippen LogP contribution in [0.5, 0.6) is 0 Å². The summed E-state index contributed by atoms with van der Waals surface area (Å²) in [5.41, 5.74) is 0.292. The predicted molar refractivity (Wildman–Crippen MR) is 42.1 cm³/mol. The highest BCUT2D eigenvalue weighted by molar-refractivity contribution is 4.89. The third-order valence-corrected chi connectivity index (χ3v) is 1.95. The van der Waals surface area contributed by atoms with Gasteiger partial charge in [-0.3, -0.25) is 0 Å². The Morgan fingerprint density at radius 2 is 2.30 bits per heavy atom. The van der Waals surface area contributed by atoms with Gasteiger partial charge in [0, 0.05) is 18.7 Å². The molecular formula is C8H17NO. The fraction of sp³-hybridized carbons (Fsp3) is 1.00. The Labute approximate surface area is 63.0 Å². The van der Waals surface area contributed by atoms with Crippen LogP contribution in [0.2, 0.25) is 0 Å². The zero-order valence-corrected chi connectivity index (χ0v) is 7.11. The average molecular weight is 143 g/mol. The van der Waals surface area contributed by atoms with Crippen LogP contribution in [0, 0.1) is 0 Å². The number of hydrogen-bond donors (Lipinski definition) is 1. The molecule has 0 radical (unpaired) electrons. The minimum absolute atomic E-state index is 0.292. The lowest BCUT2D eigenvalue weighted by atomic mass is 10.0. The summed E-state index contributed by atoms with van der Waals surface area (Å²) in [6, 6.07) is 0. The number of hydrogen-bond acceptors (Lipinski definition) is 2.